The Hall–Kier alpha value is -2.37. The Morgan fingerprint density at radius 2 is 1.82 bits per heavy atom. The minimum atomic E-state index is 0.345. The van der Waals surface area contributed by atoms with Gasteiger partial charge in [0.2, 0.25) is 0 Å². The van der Waals surface area contributed by atoms with E-state index in [9.17, 15) is 0 Å². The SMILES string of the molecule is COc1nn(Cc2ccc(N)cc2)c(N)c1N. The molecule has 6 heteroatoms. The maximum atomic E-state index is 5.83. The molecule has 0 aliphatic carbocycles. The number of benzene rings is 1. The van der Waals surface area contributed by atoms with Crippen LogP contribution >= 0.6 is 0 Å². The van der Waals surface area contributed by atoms with Crippen LogP contribution in [0.5, 0.6) is 5.88 Å². The molecule has 0 bridgehead atoms. The summed E-state index contributed by atoms with van der Waals surface area (Å²) in [5.74, 6) is 0.747. The Balaban J connectivity index is 2.27. The third kappa shape index (κ3) is 2.10. The number of aromatic nitrogens is 2. The summed E-state index contributed by atoms with van der Waals surface area (Å²) >= 11 is 0. The van der Waals surface area contributed by atoms with Crippen molar-refractivity contribution in [2.24, 2.45) is 0 Å². The lowest BCUT2D eigenvalue weighted by atomic mass is 10.2. The number of hydrogen-bond donors (Lipinski definition) is 3. The molecular weight excluding hydrogens is 218 g/mol. The van der Waals surface area contributed by atoms with Crippen LogP contribution in [0.25, 0.3) is 0 Å². The molecule has 6 N–H and O–H groups in total. The number of anilines is 3. The molecule has 0 saturated carbocycles. The predicted octanol–water partition coefficient (Wildman–Crippen LogP) is 0.687. The number of nitrogens with two attached hydrogens (primary N) is 3. The zero-order valence-corrected chi connectivity index (χ0v) is 9.55. The Morgan fingerprint density at radius 1 is 1.18 bits per heavy atom. The van der Waals surface area contributed by atoms with Crippen LogP contribution in [0, 0.1) is 0 Å². The number of ether oxygens (including phenoxy) is 1. The van der Waals surface area contributed by atoms with Gasteiger partial charge in [-0.2, -0.15) is 0 Å². The average Bonchev–Trinajstić information content (AvgIpc) is 2.60. The molecule has 0 aliphatic heterocycles. The van der Waals surface area contributed by atoms with Crippen molar-refractivity contribution in [2.45, 2.75) is 6.54 Å². The Morgan fingerprint density at radius 3 is 2.35 bits per heavy atom. The first-order chi connectivity index (χ1) is 8.11. The van der Waals surface area contributed by atoms with Gasteiger partial charge in [0, 0.05) is 5.69 Å². The number of hydrogen-bond acceptors (Lipinski definition) is 5. The molecule has 90 valence electrons. The van der Waals surface area contributed by atoms with Gasteiger partial charge in [0.15, 0.2) is 0 Å². The van der Waals surface area contributed by atoms with E-state index in [0.29, 0.717) is 23.9 Å². The second-order valence-corrected chi connectivity index (χ2v) is 3.71. The first-order valence-corrected chi connectivity index (χ1v) is 5.12. The second kappa shape index (κ2) is 4.25. The van der Waals surface area contributed by atoms with E-state index in [0.717, 1.165) is 11.3 Å². The van der Waals surface area contributed by atoms with Crippen LogP contribution in [0.3, 0.4) is 0 Å². The molecule has 0 saturated heterocycles. The summed E-state index contributed by atoms with van der Waals surface area (Å²) in [7, 11) is 1.51. The highest BCUT2D eigenvalue weighted by Gasteiger charge is 2.12. The van der Waals surface area contributed by atoms with E-state index in [1.165, 1.54) is 7.11 Å². The maximum Gasteiger partial charge on any atom is 0.258 e. The smallest absolute Gasteiger partial charge is 0.258 e. The van der Waals surface area contributed by atoms with Crippen molar-refractivity contribution in [1.82, 2.24) is 9.78 Å². The number of methoxy groups -OCH3 is 1. The maximum absolute atomic E-state index is 5.83. The molecule has 0 atom stereocenters. The highest BCUT2D eigenvalue weighted by Crippen LogP contribution is 2.26. The molecule has 2 rings (SSSR count). The minimum Gasteiger partial charge on any atom is -0.478 e. The summed E-state index contributed by atoms with van der Waals surface area (Å²) in [6, 6.07) is 7.49. The van der Waals surface area contributed by atoms with Crippen LogP contribution < -0.4 is 21.9 Å². The molecule has 6 nitrogen and oxygen atoms in total. The average molecular weight is 233 g/mol. The topological polar surface area (TPSA) is 105 Å². The molecule has 1 aromatic carbocycles. The largest absolute Gasteiger partial charge is 0.478 e. The van der Waals surface area contributed by atoms with E-state index >= 15 is 0 Å². The molecule has 0 fully saturated rings. The fourth-order valence-corrected chi connectivity index (χ4v) is 1.53. The lowest BCUT2D eigenvalue weighted by molar-refractivity contribution is 0.392. The molecule has 0 unspecified atom stereocenters. The monoisotopic (exact) mass is 233 g/mol. The minimum absolute atomic E-state index is 0.345. The van der Waals surface area contributed by atoms with Crippen molar-refractivity contribution in [2.75, 3.05) is 24.3 Å². The van der Waals surface area contributed by atoms with Crippen LogP contribution in [-0.2, 0) is 6.54 Å². The van der Waals surface area contributed by atoms with E-state index in [1.807, 2.05) is 24.3 Å². The van der Waals surface area contributed by atoms with Crippen molar-refractivity contribution < 1.29 is 4.74 Å². The van der Waals surface area contributed by atoms with E-state index in [4.69, 9.17) is 21.9 Å². The zero-order chi connectivity index (χ0) is 12.4. The summed E-state index contributed by atoms with van der Waals surface area (Å²) in [6.07, 6.45) is 0. The lowest BCUT2D eigenvalue weighted by Gasteiger charge is -2.04. The third-order valence-electron chi connectivity index (χ3n) is 2.50. The molecule has 17 heavy (non-hydrogen) atoms. The van der Waals surface area contributed by atoms with Gasteiger partial charge in [-0.3, -0.25) is 0 Å². The van der Waals surface area contributed by atoms with Crippen molar-refractivity contribution in [1.29, 1.82) is 0 Å². The normalized spacial score (nSPS) is 10.4. The van der Waals surface area contributed by atoms with Crippen LogP contribution in [0.15, 0.2) is 24.3 Å². The van der Waals surface area contributed by atoms with E-state index in [2.05, 4.69) is 5.10 Å². The van der Waals surface area contributed by atoms with Gasteiger partial charge < -0.3 is 21.9 Å². The van der Waals surface area contributed by atoms with Crippen molar-refractivity contribution in [3.63, 3.8) is 0 Å². The fraction of sp³-hybridized carbons (Fsp3) is 0.182. The second-order valence-electron chi connectivity index (χ2n) is 3.71. The van der Waals surface area contributed by atoms with Gasteiger partial charge in [0.05, 0.1) is 13.7 Å². The lowest BCUT2D eigenvalue weighted by Crippen LogP contribution is -2.06. The van der Waals surface area contributed by atoms with Crippen LogP contribution in [-0.4, -0.2) is 16.9 Å². The Bertz CT molecular complexity index is 517. The van der Waals surface area contributed by atoms with Crippen LogP contribution in [0.2, 0.25) is 0 Å². The predicted molar refractivity (Wildman–Crippen MR) is 67.6 cm³/mol. The summed E-state index contributed by atoms with van der Waals surface area (Å²) in [5.41, 5.74) is 19.3. The standard InChI is InChI=1S/C11H15N5O/c1-17-11-9(13)10(14)16(15-11)6-7-2-4-8(12)5-3-7/h2-5H,6,12-14H2,1H3. The quantitative estimate of drug-likeness (QED) is 0.676. The fourth-order valence-electron chi connectivity index (χ4n) is 1.53. The highest BCUT2D eigenvalue weighted by atomic mass is 16.5. The van der Waals surface area contributed by atoms with Crippen LogP contribution in [0.4, 0.5) is 17.2 Å². The molecule has 0 radical (unpaired) electrons. The molecule has 1 aromatic heterocycles. The number of rotatable bonds is 3. The van der Waals surface area contributed by atoms with E-state index < -0.39 is 0 Å². The van der Waals surface area contributed by atoms with Crippen LogP contribution in [0.1, 0.15) is 5.56 Å². The van der Waals surface area contributed by atoms with E-state index in [1.54, 1.807) is 4.68 Å². The van der Waals surface area contributed by atoms with Gasteiger partial charge in [0.25, 0.3) is 5.88 Å². The first-order valence-electron chi connectivity index (χ1n) is 5.12. The first kappa shape index (κ1) is 11.1. The Labute approximate surface area is 99.0 Å². The van der Waals surface area contributed by atoms with Gasteiger partial charge in [-0.05, 0) is 17.7 Å². The number of nitrogen functional groups attached to an aromatic ring is 3. The molecule has 0 spiro atoms. The molecule has 2 aromatic rings. The molecule has 0 aliphatic rings. The van der Waals surface area contributed by atoms with Gasteiger partial charge in [-0.25, -0.2) is 4.68 Å². The summed E-state index contributed by atoms with van der Waals surface area (Å²) in [6.45, 7) is 0.527. The molecule has 0 amide bonds. The molecular formula is C11H15N5O. The molecule has 1 heterocycles. The van der Waals surface area contributed by atoms with E-state index in [-0.39, 0.29) is 0 Å². The zero-order valence-electron chi connectivity index (χ0n) is 9.55. The van der Waals surface area contributed by atoms with Gasteiger partial charge in [-0.1, -0.05) is 12.1 Å². The van der Waals surface area contributed by atoms with Gasteiger partial charge >= 0.3 is 0 Å². The summed E-state index contributed by atoms with van der Waals surface area (Å²) < 4.78 is 6.60. The van der Waals surface area contributed by atoms with Gasteiger partial charge in [0.1, 0.15) is 11.5 Å². The van der Waals surface area contributed by atoms with Crippen molar-refractivity contribution in [3.05, 3.63) is 29.8 Å². The Kier molecular flexibility index (Phi) is 2.78. The number of nitrogens with zero attached hydrogens (tertiary/aromatic N) is 2. The van der Waals surface area contributed by atoms with Crippen molar-refractivity contribution >= 4 is 17.2 Å². The van der Waals surface area contributed by atoms with Gasteiger partial charge in [-0.15, -0.1) is 5.10 Å². The summed E-state index contributed by atoms with van der Waals surface area (Å²) in [5, 5.41) is 4.16. The highest BCUT2D eigenvalue weighted by molar-refractivity contribution is 5.65. The third-order valence-corrected chi connectivity index (χ3v) is 2.50. The summed E-state index contributed by atoms with van der Waals surface area (Å²) in [4.78, 5) is 0. The van der Waals surface area contributed by atoms with Crippen molar-refractivity contribution in [3.8, 4) is 5.88 Å².